The van der Waals surface area contributed by atoms with Crippen molar-refractivity contribution in [3.05, 3.63) is 29.4 Å². The summed E-state index contributed by atoms with van der Waals surface area (Å²) in [6.45, 7) is 5.01. The minimum Gasteiger partial charge on any atom is -0.354 e. The van der Waals surface area contributed by atoms with Gasteiger partial charge in [-0.25, -0.2) is 9.67 Å². The quantitative estimate of drug-likeness (QED) is 0.794. The predicted molar refractivity (Wildman–Crippen MR) is 78.1 cm³/mol. The number of hydrogen-bond acceptors (Lipinski definition) is 5. The van der Waals surface area contributed by atoms with Gasteiger partial charge in [0.15, 0.2) is 5.82 Å². The largest absolute Gasteiger partial charge is 0.354 e. The fourth-order valence-corrected chi connectivity index (χ4v) is 2.62. The van der Waals surface area contributed by atoms with E-state index in [1.54, 1.807) is 11.3 Å². The molecule has 0 bridgehead atoms. The van der Waals surface area contributed by atoms with Crippen LogP contribution >= 0.6 is 11.3 Å². The van der Waals surface area contributed by atoms with Gasteiger partial charge in [0, 0.05) is 12.7 Å². The molecule has 3 heterocycles. The Morgan fingerprint density at radius 1 is 1.37 bits per heavy atom. The molecule has 0 atom stereocenters. The number of aromatic nitrogens is 4. The Bertz CT molecular complexity index is 700. The van der Waals surface area contributed by atoms with Crippen molar-refractivity contribution in [2.24, 2.45) is 0 Å². The van der Waals surface area contributed by atoms with Crippen molar-refractivity contribution < 1.29 is 0 Å². The molecule has 0 saturated carbocycles. The van der Waals surface area contributed by atoms with Gasteiger partial charge in [-0.3, -0.25) is 0 Å². The summed E-state index contributed by atoms with van der Waals surface area (Å²) >= 11 is 1.62. The molecule has 0 radical (unpaired) electrons. The summed E-state index contributed by atoms with van der Waals surface area (Å²) in [6.07, 6.45) is 4.85. The van der Waals surface area contributed by atoms with Crippen molar-refractivity contribution in [1.29, 1.82) is 0 Å². The van der Waals surface area contributed by atoms with Crippen LogP contribution in [0.2, 0.25) is 0 Å². The molecule has 5 nitrogen and oxygen atoms in total. The Balaban J connectivity index is 2.12. The van der Waals surface area contributed by atoms with Crippen LogP contribution in [-0.2, 0) is 0 Å². The molecule has 1 N–H and O–H groups in total. The molecule has 3 aromatic rings. The fourth-order valence-electron chi connectivity index (χ4n) is 1.86. The predicted octanol–water partition coefficient (Wildman–Crippen LogP) is 3.01. The van der Waals surface area contributed by atoms with Gasteiger partial charge in [-0.05, 0) is 30.4 Å². The maximum Gasteiger partial charge on any atom is 0.226 e. The third-order valence-electron chi connectivity index (χ3n) is 2.77. The van der Waals surface area contributed by atoms with Crippen molar-refractivity contribution in [3.8, 4) is 5.82 Å². The second-order valence-corrected chi connectivity index (χ2v) is 5.29. The summed E-state index contributed by atoms with van der Waals surface area (Å²) in [6, 6.07) is 2.04. The molecule has 0 saturated heterocycles. The van der Waals surface area contributed by atoms with Gasteiger partial charge in [-0.1, -0.05) is 6.92 Å². The number of nitrogens with one attached hydrogen (secondary N) is 1. The lowest BCUT2D eigenvalue weighted by Gasteiger charge is -2.07. The molecule has 0 amide bonds. The lowest BCUT2D eigenvalue weighted by molar-refractivity contribution is 0.848. The van der Waals surface area contributed by atoms with Crippen LogP contribution in [0.1, 0.15) is 18.9 Å². The van der Waals surface area contributed by atoms with Crippen LogP contribution < -0.4 is 5.32 Å². The highest BCUT2D eigenvalue weighted by Gasteiger charge is 2.11. The van der Waals surface area contributed by atoms with Crippen LogP contribution in [0.4, 0.5) is 5.95 Å². The van der Waals surface area contributed by atoms with E-state index < -0.39 is 0 Å². The summed E-state index contributed by atoms with van der Waals surface area (Å²) in [5, 5.41) is 10.6. The van der Waals surface area contributed by atoms with Crippen LogP contribution in [0.3, 0.4) is 0 Å². The standard InChI is InChI=1S/C13H15N5S/c1-3-5-14-13-16-11(18-8-9(2)7-15-18)10-4-6-19-12(10)17-13/h4,6-8H,3,5H2,1-2H3,(H,14,16,17). The Morgan fingerprint density at radius 2 is 2.26 bits per heavy atom. The number of rotatable bonds is 4. The van der Waals surface area contributed by atoms with Crippen LogP contribution in [0.5, 0.6) is 0 Å². The number of hydrogen-bond donors (Lipinski definition) is 1. The molecule has 0 aromatic carbocycles. The van der Waals surface area contributed by atoms with E-state index in [9.17, 15) is 0 Å². The molecule has 0 aliphatic rings. The van der Waals surface area contributed by atoms with Crippen LogP contribution in [0.25, 0.3) is 16.0 Å². The smallest absolute Gasteiger partial charge is 0.226 e. The summed E-state index contributed by atoms with van der Waals surface area (Å²) in [4.78, 5) is 10.1. The van der Waals surface area contributed by atoms with E-state index in [1.165, 1.54) is 0 Å². The first-order chi connectivity index (χ1) is 9.28. The van der Waals surface area contributed by atoms with Crippen LogP contribution in [0.15, 0.2) is 23.8 Å². The van der Waals surface area contributed by atoms with Gasteiger partial charge in [0.2, 0.25) is 5.95 Å². The highest BCUT2D eigenvalue weighted by molar-refractivity contribution is 7.16. The first-order valence-electron chi connectivity index (χ1n) is 6.28. The van der Waals surface area contributed by atoms with E-state index in [4.69, 9.17) is 0 Å². The van der Waals surface area contributed by atoms with Gasteiger partial charge in [-0.2, -0.15) is 10.1 Å². The van der Waals surface area contributed by atoms with Crippen LogP contribution in [-0.4, -0.2) is 26.3 Å². The van der Waals surface area contributed by atoms with Crippen molar-refractivity contribution in [2.45, 2.75) is 20.3 Å². The number of fused-ring (bicyclic) bond motifs is 1. The summed E-state index contributed by atoms with van der Waals surface area (Å²) in [7, 11) is 0. The molecular formula is C13H15N5S. The molecule has 6 heteroatoms. The van der Waals surface area contributed by atoms with Gasteiger partial charge in [0.05, 0.1) is 11.6 Å². The topological polar surface area (TPSA) is 55.6 Å². The molecule has 0 aliphatic carbocycles. The Hall–Kier alpha value is -1.95. The maximum absolute atomic E-state index is 4.58. The molecule has 0 fully saturated rings. The number of aryl methyl sites for hydroxylation is 1. The zero-order valence-electron chi connectivity index (χ0n) is 10.9. The lowest BCUT2D eigenvalue weighted by atomic mass is 10.4. The minimum absolute atomic E-state index is 0.667. The van der Waals surface area contributed by atoms with E-state index in [0.717, 1.165) is 34.6 Å². The first kappa shape index (κ1) is 12.1. The number of anilines is 1. The molecule has 3 rings (SSSR count). The van der Waals surface area contributed by atoms with Crippen LogP contribution in [0, 0.1) is 6.92 Å². The second kappa shape index (κ2) is 4.97. The maximum atomic E-state index is 4.58. The Kier molecular flexibility index (Phi) is 3.16. The number of thiophene rings is 1. The SMILES string of the molecule is CCCNc1nc(-n2cc(C)cn2)c2ccsc2n1. The summed E-state index contributed by atoms with van der Waals surface area (Å²) in [5.41, 5.74) is 1.12. The lowest BCUT2D eigenvalue weighted by Crippen LogP contribution is -2.07. The Morgan fingerprint density at radius 3 is 3.00 bits per heavy atom. The van der Waals surface area contributed by atoms with E-state index in [1.807, 2.05) is 35.4 Å². The molecule has 3 aromatic heterocycles. The third-order valence-corrected chi connectivity index (χ3v) is 3.57. The third kappa shape index (κ3) is 2.31. The van der Waals surface area contributed by atoms with Gasteiger partial charge >= 0.3 is 0 Å². The average Bonchev–Trinajstić information content (AvgIpc) is 3.03. The minimum atomic E-state index is 0.667. The zero-order valence-corrected chi connectivity index (χ0v) is 11.7. The Labute approximate surface area is 115 Å². The fraction of sp³-hybridized carbons (Fsp3) is 0.308. The van der Waals surface area contributed by atoms with E-state index >= 15 is 0 Å². The summed E-state index contributed by atoms with van der Waals surface area (Å²) in [5.74, 6) is 1.50. The van der Waals surface area contributed by atoms with Crippen molar-refractivity contribution in [1.82, 2.24) is 19.7 Å². The first-order valence-corrected chi connectivity index (χ1v) is 7.16. The van der Waals surface area contributed by atoms with E-state index in [-0.39, 0.29) is 0 Å². The molecule has 19 heavy (non-hydrogen) atoms. The summed E-state index contributed by atoms with van der Waals surface area (Å²) < 4.78 is 1.81. The monoisotopic (exact) mass is 273 g/mol. The average molecular weight is 273 g/mol. The zero-order chi connectivity index (χ0) is 13.2. The van der Waals surface area contributed by atoms with Gasteiger partial charge in [0.25, 0.3) is 0 Å². The molecular weight excluding hydrogens is 258 g/mol. The van der Waals surface area contributed by atoms with Gasteiger partial charge < -0.3 is 5.32 Å². The number of nitrogens with zero attached hydrogens (tertiary/aromatic N) is 4. The van der Waals surface area contributed by atoms with E-state index in [2.05, 4.69) is 27.3 Å². The highest BCUT2D eigenvalue weighted by Crippen LogP contribution is 2.25. The molecule has 98 valence electrons. The van der Waals surface area contributed by atoms with E-state index in [0.29, 0.717) is 5.95 Å². The van der Waals surface area contributed by atoms with Crippen molar-refractivity contribution >= 4 is 27.5 Å². The molecule has 0 unspecified atom stereocenters. The highest BCUT2D eigenvalue weighted by atomic mass is 32.1. The second-order valence-electron chi connectivity index (χ2n) is 4.40. The van der Waals surface area contributed by atoms with Crippen molar-refractivity contribution in [3.63, 3.8) is 0 Å². The normalized spacial score (nSPS) is 11.1. The van der Waals surface area contributed by atoms with Gasteiger partial charge in [0.1, 0.15) is 4.83 Å². The molecule has 0 aliphatic heterocycles. The van der Waals surface area contributed by atoms with Gasteiger partial charge in [-0.15, -0.1) is 11.3 Å². The van der Waals surface area contributed by atoms with Crippen molar-refractivity contribution in [2.75, 3.05) is 11.9 Å². The molecule has 0 spiro atoms.